The van der Waals surface area contributed by atoms with Crippen molar-refractivity contribution >= 4 is 17.9 Å². The van der Waals surface area contributed by atoms with E-state index < -0.39 is 0 Å². The summed E-state index contributed by atoms with van der Waals surface area (Å²) in [5.74, 6) is -0.117. The summed E-state index contributed by atoms with van der Waals surface area (Å²) in [5, 5.41) is 2.67. The summed E-state index contributed by atoms with van der Waals surface area (Å²) in [5.41, 5.74) is 1.43. The van der Waals surface area contributed by atoms with E-state index in [0.29, 0.717) is 44.3 Å². The third-order valence-electron chi connectivity index (χ3n) is 4.22. The van der Waals surface area contributed by atoms with Gasteiger partial charge in [-0.25, -0.2) is 4.79 Å². The fourth-order valence-corrected chi connectivity index (χ4v) is 2.66. The Bertz CT molecular complexity index is 652. The van der Waals surface area contributed by atoms with Gasteiger partial charge in [-0.3, -0.25) is 9.59 Å². The predicted octanol–water partition coefficient (Wildman–Crippen LogP) is 1.66. The number of aryl methyl sites for hydroxylation is 1. The van der Waals surface area contributed by atoms with Crippen LogP contribution in [-0.2, 0) is 9.53 Å². The summed E-state index contributed by atoms with van der Waals surface area (Å²) in [7, 11) is 0. The van der Waals surface area contributed by atoms with Crippen molar-refractivity contribution in [3.05, 3.63) is 35.4 Å². The molecule has 0 saturated carbocycles. The van der Waals surface area contributed by atoms with Gasteiger partial charge in [-0.1, -0.05) is 32.0 Å². The third-order valence-corrected chi connectivity index (χ3v) is 4.22. The lowest BCUT2D eigenvalue weighted by atomic mass is 10.1. The number of amides is 3. The molecule has 7 nitrogen and oxygen atoms in total. The zero-order chi connectivity index (χ0) is 19.1. The van der Waals surface area contributed by atoms with Gasteiger partial charge >= 0.3 is 6.09 Å². The molecule has 1 aliphatic heterocycles. The zero-order valence-electron chi connectivity index (χ0n) is 15.7. The van der Waals surface area contributed by atoms with Gasteiger partial charge in [0.05, 0.1) is 13.2 Å². The second kappa shape index (κ2) is 9.22. The zero-order valence-corrected chi connectivity index (χ0v) is 15.7. The second-order valence-electron chi connectivity index (χ2n) is 6.84. The van der Waals surface area contributed by atoms with Crippen LogP contribution in [0.25, 0.3) is 0 Å². The molecule has 1 aromatic rings. The number of hydrogen-bond acceptors (Lipinski definition) is 4. The van der Waals surface area contributed by atoms with Gasteiger partial charge in [0.2, 0.25) is 5.91 Å². The molecule has 1 saturated heterocycles. The van der Waals surface area contributed by atoms with Crippen LogP contribution in [0.1, 0.15) is 29.8 Å². The number of benzene rings is 1. The Morgan fingerprint density at radius 1 is 1.08 bits per heavy atom. The maximum Gasteiger partial charge on any atom is 0.409 e. The van der Waals surface area contributed by atoms with Gasteiger partial charge in [-0.15, -0.1) is 0 Å². The van der Waals surface area contributed by atoms with Crippen LogP contribution in [0.2, 0.25) is 0 Å². The first kappa shape index (κ1) is 19.8. The first-order valence-electron chi connectivity index (χ1n) is 8.91. The summed E-state index contributed by atoms with van der Waals surface area (Å²) < 4.78 is 5.20. The van der Waals surface area contributed by atoms with Gasteiger partial charge < -0.3 is 19.9 Å². The monoisotopic (exact) mass is 361 g/mol. The largest absolute Gasteiger partial charge is 0.449 e. The van der Waals surface area contributed by atoms with Crippen LogP contribution in [0.4, 0.5) is 4.79 Å². The van der Waals surface area contributed by atoms with Gasteiger partial charge in [-0.05, 0) is 24.5 Å². The Morgan fingerprint density at radius 3 is 2.31 bits per heavy atom. The van der Waals surface area contributed by atoms with Crippen LogP contribution in [0, 0.1) is 12.8 Å². The van der Waals surface area contributed by atoms with Crippen LogP contribution < -0.4 is 5.32 Å². The number of carbonyl (C=O) groups excluding carboxylic acids is 3. The van der Waals surface area contributed by atoms with Gasteiger partial charge in [0.15, 0.2) is 0 Å². The summed E-state index contributed by atoms with van der Waals surface area (Å²) in [6.07, 6.45) is -0.335. The number of ether oxygens (including phenoxy) is 1. The van der Waals surface area contributed by atoms with Crippen LogP contribution in [-0.4, -0.2) is 67.0 Å². The Hall–Kier alpha value is -2.57. The summed E-state index contributed by atoms with van der Waals surface area (Å²) >= 11 is 0. The minimum Gasteiger partial charge on any atom is -0.449 e. The Balaban J connectivity index is 1.75. The average Bonchev–Trinajstić information content (AvgIpc) is 2.64. The van der Waals surface area contributed by atoms with Crippen LogP contribution in [0.15, 0.2) is 24.3 Å². The molecule has 0 aromatic heterocycles. The molecule has 1 aromatic carbocycles. The normalized spacial score (nSPS) is 14.3. The number of piperazine rings is 1. The van der Waals surface area contributed by atoms with Crippen molar-refractivity contribution in [1.29, 1.82) is 0 Å². The first-order chi connectivity index (χ1) is 12.4. The van der Waals surface area contributed by atoms with Gasteiger partial charge in [-0.2, -0.15) is 0 Å². The summed E-state index contributed by atoms with van der Waals surface area (Å²) in [4.78, 5) is 39.6. The molecule has 0 bridgehead atoms. The van der Waals surface area contributed by atoms with Gasteiger partial charge in [0, 0.05) is 31.7 Å². The lowest BCUT2D eigenvalue weighted by Gasteiger charge is -2.34. The molecule has 1 fully saturated rings. The minimum atomic E-state index is -0.335. The fraction of sp³-hybridized carbons (Fsp3) is 0.526. The molecule has 1 N–H and O–H groups in total. The van der Waals surface area contributed by atoms with Gasteiger partial charge in [0.1, 0.15) is 0 Å². The SMILES string of the molecule is Cc1ccccc1C(=O)NCC(=O)N1CCN(C(=O)OCC(C)C)CC1. The number of carbonyl (C=O) groups is 3. The smallest absolute Gasteiger partial charge is 0.409 e. The van der Waals surface area contributed by atoms with E-state index in [4.69, 9.17) is 4.74 Å². The quantitative estimate of drug-likeness (QED) is 0.865. The molecule has 1 heterocycles. The molecule has 26 heavy (non-hydrogen) atoms. The van der Waals surface area contributed by atoms with Crippen molar-refractivity contribution in [3.8, 4) is 0 Å². The standard InChI is InChI=1S/C19H27N3O4/c1-14(2)13-26-19(25)22-10-8-21(9-11-22)17(23)12-20-18(24)16-7-5-4-6-15(16)3/h4-7,14H,8-13H2,1-3H3,(H,20,24). The molecule has 3 amide bonds. The van der Waals surface area contributed by atoms with Crippen molar-refractivity contribution in [1.82, 2.24) is 15.1 Å². The molecule has 1 aliphatic rings. The van der Waals surface area contributed by atoms with Crippen LogP contribution in [0.3, 0.4) is 0 Å². The molecular formula is C19H27N3O4. The molecule has 142 valence electrons. The molecule has 0 radical (unpaired) electrons. The Labute approximate surface area is 154 Å². The molecule has 0 aliphatic carbocycles. The maximum absolute atomic E-state index is 12.3. The van der Waals surface area contributed by atoms with Crippen molar-refractivity contribution in [2.75, 3.05) is 39.3 Å². The van der Waals surface area contributed by atoms with E-state index in [-0.39, 0.29) is 24.5 Å². The lowest BCUT2D eigenvalue weighted by molar-refractivity contribution is -0.131. The molecule has 0 unspecified atom stereocenters. The molecule has 0 atom stereocenters. The average molecular weight is 361 g/mol. The third kappa shape index (κ3) is 5.47. The highest BCUT2D eigenvalue weighted by molar-refractivity contribution is 5.97. The van der Waals surface area contributed by atoms with E-state index in [1.54, 1.807) is 21.9 Å². The number of nitrogens with zero attached hydrogens (tertiary/aromatic N) is 2. The minimum absolute atomic E-state index is 0.0506. The highest BCUT2D eigenvalue weighted by atomic mass is 16.6. The highest BCUT2D eigenvalue weighted by Gasteiger charge is 2.25. The Morgan fingerprint density at radius 2 is 1.69 bits per heavy atom. The Kier molecular flexibility index (Phi) is 7.00. The summed E-state index contributed by atoms with van der Waals surface area (Å²) in [6.45, 7) is 7.92. The van der Waals surface area contributed by atoms with E-state index >= 15 is 0 Å². The molecule has 0 spiro atoms. The predicted molar refractivity (Wildman–Crippen MR) is 97.9 cm³/mol. The van der Waals surface area contributed by atoms with Crippen molar-refractivity contribution in [2.45, 2.75) is 20.8 Å². The van der Waals surface area contributed by atoms with Crippen LogP contribution >= 0.6 is 0 Å². The maximum atomic E-state index is 12.3. The van der Waals surface area contributed by atoms with Crippen molar-refractivity contribution in [2.24, 2.45) is 5.92 Å². The molecular weight excluding hydrogens is 334 g/mol. The van der Waals surface area contributed by atoms with Crippen molar-refractivity contribution in [3.63, 3.8) is 0 Å². The van der Waals surface area contributed by atoms with E-state index in [0.717, 1.165) is 5.56 Å². The van der Waals surface area contributed by atoms with Gasteiger partial charge in [0.25, 0.3) is 5.91 Å². The van der Waals surface area contributed by atoms with E-state index in [1.807, 2.05) is 32.9 Å². The lowest BCUT2D eigenvalue weighted by Crippen LogP contribution is -2.52. The number of hydrogen-bond donors (Lipinski definition) is 1. The van der Waals surface area contributed by atoms with E-state index in [1.165, 1.54) is 0 Å². The van der Waals surface area contributed by atoms with E-state index in [2.05, 4.69) is 5.32 Å². The van der Waals surface area contributed by atoms with Crippen LogP contribution in [0.5, 0.6) is 0 Å². The number of nitrogens with one attached hydrogen (secondary N) is 1. The fourth-order valence-electron chi connectivity index (χ4n) is 2.66. The highest BCUT2D eigenvalue weighted by Crippen LogP contribution is 2.07. The van der Waals surface area contributed by atoms with Crippen molar-refractivity contribution < 1.29 is 19.1 Å². The number of rotatable bonds is 5. The first-order valence-corrected chi connectivity index (χ1v) is 8.91. The second-order valence-corrected chi connectivity index (χ2v) is 6.84. The molecule has 7 heteroatoms. The summed E-state index contributed by atoms with van der Waals surface area (Å²) in [6, 6.07) is 7.25. The molecule has 2 rings (SSSR count). The topological polar surface area (TPSA) is 79.0 Å². The van der Waals surface area contributed by atoms with E-state index in [9.17, 15) is 14.4 Å².